The Labute approximate surface area is 148 Å². The largest absolute Gasteiger partial charge is 0.497 e. The first-order chi connectivity index (χ1) is 12.2. The Bertz CT molecular complexity index is 847. The molecule has 0 saturated heterocycles. The molecule has 0 aliphatic carbocycles. The van der Waals surface area contributed by atoms with Gasteiger partial charge >= 0.3 is 0 Å². The summed E-state index contributed by atoms with van der Waals surface area (Å²) in [4.78, 5) is 8.85. The number of nitrogens with zero attached hydrogens (tertiary/aromatic N) is 2. The molecule has 0 spiro atoms. The summed E-state index contributed by atoms with van der Waals surface area (Å²) in [6.45, 7) is 4.25. The molecule has 1 aromatic heterocycles. The predicted molar refractivity (Wildman–Crippen MR) is 102 cm³/mol. The van der Waals surface area contributed by atoms with E-state index in [0.29, 0.717) is 5.95 Å². The van der Waals surface area contributed by atoms with Gasteiger partial charge in [-0.3, -0.25) is 0 Å². The molecule has 0 bridgehead atoms. The van der Waals surface area contributed by atoms with Gasteiger partial charge in [0, 0.05) is 17.6 Å². The molecule has 1 heterocycles. The number of benzene rings is 2. The highest BCUT2D eigenvalue weighted by Gasteiger charge is 2.06. The van der Waals surface area contributed by atoms with E-state index in [4.69, 9.17) is 4.74 Å². The van der Waals surface area contributed by atoms with Gasteiger partial charge in [0.25, 0.3) is 0 Å². The summed E-state index contributed by atoms with van der Waals surface area (Å²) in [5.74, 6) is 2.12. The highest BCUT2D eigenvalue weighted by atomic mass is 16.5. The van der Waals surface area contributed by atoms with Crippen molar-refractivity contribution in [2.24, 2.45) is 0 Å². The summed E-state index contributed by atoms with van der Waals surface area (Å²) in [6.07, 6.45) is 2.71. The van der Waals surface area contributed by atoms with Crippen LogP contribution in [0.4, 0.5) is 23.1 Å². The van der Waals surface area contributed by atoms with Crippen molar-refractivity contribution < 1.29 is 4.74 Å². The Morgan fingerprint density at radius 1 is 1.00 bits per heavy atom. The van der Waals surface area contributed by atoms with Crippen molar-refractivity contribution in [1.29, 1.82) is 0 Å². The molecule has 0 saturated carbocycles. The number of nitrogens with one attached hydrogen (secondary N) is 2. The number of hydrogen-bond acceptors (Lipinski definition) is 5. The molecule has 5 nitrogen and oxygen atoms in total. The van der Waals surface area contributed by atoms with E-state index in [1.165, 1.54) is 11.1 Å². The maximum atomic E-state index is 5.17. The van der Waals surface area contributed by atoms with Crippen molar-refractivity contribution >= 4 is 23.1 Å². The van der Waals surface area contributed by atoms with Crippen LogP contribution >= 0.6 is 0 Å². The van der Waals surface area contributed by atoms with Gasteiger partial charge in [-0.1, -0.05) is 25.1 Å². The van der Waals surface area contributed by atoms with Crippen LogP contribution in [0.15, 0.2) is 54.7 Å². The first kappa shape index (κ1) is 16.8. The summed E-state index contributed by atoms with van der Waals surface area (Å²) in [7, 11) is 1.65. The fraction of sp³-hybridized carbons (Fsp3) is 0.200. The lowest BCUT2D eigenvalue weighted by molar-refractivity contribution is 0.415. The number of methoxy groups -OCH3 is 1. The van der Waals surface area contributed by atoms with E-state index < -0.39 is 0 Å². The molecular formula is C20H22N4O. The summed E-state index contributed by atoms with van der Waals surface area (Å²) in [6, 6.07) is 15.8. The van der Waals surface area contributed by atoms with Gasteiger partial charge in [-0.15, -0.1) is 0 Å². The van der Waals surface area contributed by atoms with Crippen LogP contribution in [0.25, 0.3) is 0 Å². The van der Waals surface area contributed by atoms with Crippen molar-refractivity contribution in [3.63, 3.8) is 0 Å². The molecule has 2 aromatic carbocycles. The van der Waals surface area contributed by atoms with E-state index in [1.807, 2.05) is 30.3 Å². The number of rotatable bonds is 6. The number of aromatic nitrogens is 2. The number of ether oxygens (including phenoxy) is 1. The molecule has 0 amide bonds. The number of anilines is 4. The van der Waals surface area contributed by atoms with E-state index in [2.05, 4.69) is 52.6 Å². The van der Waals surface area contributed by atoms with Gasteiger partial charge in [-0.25, -0.2) is 4.98 Å². The Morgan fingerprint density at radius 3 is 2.52 bits per heavy atom. The molecule has 0 radical (unpaired) electrons. The van der Waals surface area contributed by atoms with E-state index in [1.54, 1.807) is 13.3 Å². The van der Waals surface area contributed by atoms with Crippen molar-refractivity contribution in [2.75, 3.05) is 17.7 Å². The van der Waals surface area contributed by atoms with Gasteiger partial charge in [-0.2, -0.15) is 4.98 Å². The minimum Gasteiger partial charge on any atom is -0.497 e. The Balaban J connectivity index is 1.80. The second kappa shape index (κ2) is 7.66. The minimum atomic E-state index is 0.543. The van der Waals surface area contributed by atoms with E-state index in [-0.39, 0.29) is 0 Å². The van der Waals surface area contributed by atoms with Gasteiger partial charge in [0.15, 0.2) is 0 Å². The van der Waals surface area contributed by atoms with Gasteiger partial charge in [0.2, 0.25) is 5.95 Å². The van der Waals surface area contributed by atoms with Crippen LogP contribution < -0.4 is 15.4 Å². The molecule has 3 aromatic rings. The third-order valence-electron chi connectivity index (χ3n) is 3.99. The van der Waals surface area contributed by atoms with Crippen molar-refractivity contribution in [3.05, 3.63) is 65.9 Å². The molecule has 0 aliphatic heterocycles. The molecule has 128 valence electrons. The molecule has 5 heteroatoms. The second-order valence-electron chi connectivity index (χ2n) is 5.71. The Hall–Kier alpha value is -3.08. The minimum absolute atomic E-state index is 0.543. The van der Waals surface area contributed by atoms with Crippen LogP contribution in [-0.4, -0.2) is 17.1 Å². The van der Waals surface area contributed by atoms with Gasteiger partial charge in [-0.05, 0) is 54.8 Å². The monoisotopic (exact) mass is 334 g/mol. The van der Waals surface area contributed by atoms with Crippen LogP contribution in [0.5, 0.6) is 5.75 Å². The van der Waals surface area contributed by atoms with Crippen molar-refractivity contribution in [1.82, 2.24) is 9.97 Å². The highest BCUT2D eigenvalue weighted by molar-refractivity contribution is 5.65. The molecular weight excluding hydrogens is 312 g/mol. The van der Waals surface area contributed by atoms with Crippen LogP contribution in [-0.2, 0) is 6.42 Å². The molecule has 0 aliphatic rings. The highest BCUT2D eigenvalue weighted by Crippen LogP contribution is 2.25. The molecule has 0 fully saturated rings. The Kier molecular flexibility index (Phi) is 5.14. The Morgan fingerprint density at radius 2 is 1.80 bits per heavy atom. The van der Waals surface area contributed by atoms with Gasteiger partial charge in [0.05, 0.1) is 7.11 Å². The van der Waals surface area contributed by atoms with Crippen LogP contribution in [0, 0.1) is 6.92 Å². The molecule has 0 atom stereocenters. The maximum Gasteiger partial charge on any atom is 0.229 e. The normalized spacial score (nSPS) is 10.4. The zero-order valence-corrected chi connectivity index (χ0v) is 14.7. The van der Waals surface area contributed by atoms with Crippen molar-refractivity contribution in [3.8, 4) is 5.75 Å². The summed E-state index contributed by atoms with van der Waals surface area (Å²) in [5.41, 5.74) is 4.48. The molecule has 2 N–H and O–H groups in total. The average molecular weight is 334 g/mol. The first-order valence-corrected chi connectivity index (χ1v) is 8.29. The summed E-state index contributed by atoms with van der Waals surface area (Å²) < 4.78 is 5.17. The molecule has 3 rings (SSSR count). The average Bonchev–Trinajstić information content (AvgIpc) is 2.64. The number of hydrogen-bond donors (Lipinski definition) is 2. The maximum absolute atomic E-state index is 5.17. The third kappa shape index (κ3) is 4.07. The van der Waals surface area contributed by atoms with Gasteiger partial charge < -0.3 is 15.4 Å². The lowest BCUT2D eigenvalue weighted by atomic mass is 10.1. The van der Waals surface area contributed by atoms with E-state index >= 15 is 0 Å². The summed E-state index contributed by atoms with van der Waals surface area (Å²) >= 11 is 0. The molecule has 0 unspecified atom stereocenters. The number of aryl methyl sites for hydroxylation is 2. The predicted octanol–water partition coefficient (Wildman–Crippen LogP) is 4.84. The second-order valence-corrected chi connectivity index (χ2v) is 5.71. The fourth-order valence-corrected chi connectivity index (χ4v) is 2.62. The topological polar surface area (TPSA) is 59.1 Å². The van der Waals surface area contributed by atoms with Gasteiger partial charge in [0.1, 0.15) is 11.6 Å². The quantitative estimate of drug-likeness (QED) is 0.675. The lowest BCUT2D eigenvalue weighted by Gasteiger charge is -2.14. The summed E-state index contributed by atoms with van der Waals surface area (Å²) in [5, 5.41) is 6.63. The molecule has 25 heavy (non-hydrogen) atoms. The standard InChI is InChI=1S/C20H22N4O/c1-4-15-7-5-6-14(2)19(15)23-18-12-13-21-20(24-18)22-16-8-10-17(25-3)11-9-16/h5-13H,4H2,1-3H3,(H2,21,22,23,24). The van der Waals surface area contributed by atoms with E-state index in [9.17, 15) is 0 Å². The van der Waals surface area contributed by atoms with E-state index in [0.717, 1.165) is 29.4 Å². The lowest BCUT2D eigenvalue weighted by Crippen LogP contribution is -2.03. The first-order valence-electron chi connectivity index (χ1n) is 8.29. The fourth-order valence-electron chi connectivity index (χ4n) is 2.62. The van der Waals surface area contributed by atoms with Crippen LogP contribution in [0.1, 0.15) is 18.1 Å². The zero-order valence-electron chi connectivity index (χ0n) is 14.7. The van der Waals surface area contributed by atoms with Crippen molar-refractivity contribution in [2.45, 2.75) is 20.3 Å². The number of para-hydroxylation sites is 1. The SMILES string of the molecule is CCc1cccc(C)c1Nc1ccnc(Nc2ccc(OC)cc2)n1. The smallest absolute Gasteiger partial charge is 0.229 e. The van der Waals surface area contributed by atoms with Crippen LogP contribution in [0.2, 0.25) is 0 Å². The zero-order chi connectivity index (χ0) is 17.6. The van der Waals surface area contributed by atoms with Crippen LogP contribution in [0.3, 0.4) is 0 Å². The third-order valence-corrected chi connectivity index (χ3v) is 3.99.